The van der Waals surface area contributed by atoms with Crippen LogP contribution in [0, 0.1) is 0 Å². The second-order valence-corrected chi connectivity index (χ2v) is 7.92. The van der Waals surface area contributed by atoms with Crippen molar-refractivity contribution in [3.05, 3.63) is 36.3 Å². The third-order valence-corrected chi connectivity index (χ3v) is 6.02. The van der Waals surface area contributed by atoms with Gasteiger partial charge in [-0.05, 0) is 36.5 Å². The first-order valence-electron chi connectivity index (χ1n) is 7.60. The fourth-order valence-electron chi connectivity index (χ4n) is 2.89. The minimum absolute atomic E-state index is 0.187. The molecular formula is C15H21N5O2S. The molecular weight excluding hydrogens is 314 g/mol. The zero-order valence-electron chi connectivity index (χ0n) is 13.3. The molecule has 1 fully saturated rings. The predicted octanol–water partition coefficient (Wildman–Crippen LogP) is 1.44. The van der Waals surface area contributed by atoms with Crippen molar-refractivity contribution in [1.29, 1.82) is 0 Å². The summed E-state index contributed by atoms with van der Waals surface area (Å²) in [6.07, 6.45) is 6.40. The van der Waals surface area contributed by atoms with Crippen LogP contribution in [0.1, 0.15) is 24.3 Å². The van der Waals surface area contributed by atoms with E-state index in [4.69, 9.17) is 0 Å². The quantitative estimate of drug-likeness (QED) is 0.914. The molecule has 0 amide bonds. The smallest absolute Gasteiger partial charge is 0.246 e. The fraction of sp³-hybridized carbons (Fsp3) is 0.467. The van der Waals surface area contributed by atoms with Gasteiger partial charge in [-0.2, -0.15) is 9.40 Å². The van der Waals surface area contributed by atoms with Gasteiger partial charge in [0.15, 0.2) is 0 Å². The molecule has 3 heterocycles. The fourth-order valence-corrected chi connectivity index (χ4v) is 4.33. The molecule has 0 saturated carbocycles. The highest BCUT2D eigenvalue weighted by molar-refractivity contribution is 7.89. The molecule has 2 aromatic rings. The molecule has 124 valence electrons. The van der Waals surface area contributed by atoms with Gasteiger partial charge in [-0.15, -0.1) is 0 Å². The number of piperidine rings is 1. The van der Waals surface area contributed by atoms with E-state index in [0.717, 1.165) is 24.2 Å². The summed E-state index contributed by atoms with van der Waals surface area (Å²) in [5.74, 6) is 1.07. The SMILES string of the molecule is CN(C)c1cc([C@@H]2CCCN(S(=O)(=O)c3cn[nH]c3)C2)ccn1. The van der Waals surface area contributed by atoms with Crippen LogP contribution in [0.4, 0.5) is 5.82 Å². The van der Waals surface area contributed by atoms with E-state index >= 15 is 0 Å². The Labute approximate surface area is 136 Å². The summed E-state index contributed by atoms with van der Waals surface area (Å²) in [5, 5.41) is 6.32. The van der Waals surface area contributed by atoms with Crippen LogP contribution in [0.15, 0.2) is 35.6 Å². The van der Waals surface area contributed by atoms with Crippen LogP contribution in [0.25, 0.3) is 0 Å². The molecule has 8 heteroatoms. The highest BCUT2D eigenvalue weighted by Crippen LogP contribution is 2.31. The van der Waals surface area contributed by atoms with E-state index in [2.05, 4.69) is 15.2 Å². The number of hydrogen-bond donors (Lipinski definition) is 1. The van der Waals surface area contributed by atoms with Gasteiger partial charge in [0.1, 0.15) is 10.7 Å². The van der Waals surface area contributed by atoms with Crippen LogP contribution in [-0.4, -0.2) is 55.1 Å². The molecule has 0 spiro atoms. The Kier molecular flexibility index (Phi) is 4.36. The normalized spacial score (nSPS) is 19.7. The van der Waals surface area contributed by atoms with Crippen molar-refractivity contribution < 1.29 is 8.42 Å². The molecule has 0 unspecified atom stereocenters. The van der Waals surface area contributed by atoms with Crippen molar-refractivity contribution in [3.8, 4) is 0 Å². The number of rotatable bonds is 4. The van der Waals surface area contributed by atoms with Crippen molar-refractivity contribution in [3.63, 3.8) is 0 Å². The lowest BCUT2D eigenvalue weighted by Crippen LogP contribution is -2.39. The van der Waals surface area contributed by atoms with E-state index in [1.165, 1.54) is 12.4 Å². The number of hydrogen-bond acceptors (Lipinski definition) is 5. The van der Waals surface area contributed by atoms with Crippen molar-refractivity contribution >= 4 is 15.8 Å². The van der Waals surface area contributed by atoms with Crippen LogP contribution in [0.3, 0.4) is 0 Å². The van der Waals surface area contributed by atoms with Crippen LogP contribution in [-0.2, 0) is 10.0 Å². The maximum atomic E-state index is 12.6. The number of pyridine rings is 1. The molecule has 0 aromatic carbocycles. The second-order valence-electron chi connectivity index (χ2n) is 5.98. The summed E-state index contributed by atoms with van der Waals surface area (Å²) in [6.45, 7) is 1.04. The van der Waals surface area contributed by atoms with Gasteiger partial charge in [-0.1, -0.05) is 0 Å². The Bertz CT molecular complexity index is 758. The van der Waals surface area contributed by atoms with Gasteiger partial charge in [-0.3, -0.25) is 5.10 Å². The Morgan fingerprint density at radius 2 is 2.22 bits per heavy atom. The maximum Gasteiger partial charge on any atom is 0.246 e. The highest BCUT2D eigenvalue weighted by atomic mass is 32.2. The highest BCUT2D eigenvalue weighted by Gasteiger charge is 2.31. The van der Waals surface area contributed by atoms with E-state index in [1.54, 1.807) is 10.5 Å². The van der Waals surface area contributed by atoms with E-state index in [0.29, 0.717) is 13.1 Å². The first kappa shape index (κ1) is 15.9. The Morgan fingerprint density at radius 1 is 1.39 bits per heavy atom. The van der Waals surface area contributed by atoms with Crippen molar-refractivity contribution in [2.24, 2.45) is 0 Å². The average Bonchev–Trinajstić information content (AvgIpc) is 3.10. The molecule has 0 aliphatic carbocycles. The molecule has 0 bridgehead atoms. The Morgan fingerprint density at radius 3 is 2.91 bits per heavy atom. The number of H-pyrrole nitrogens is 1. The standard InChI is InChI=1S/C15H21N5O2S/c1-19(2)15-8-12(5-6-16-15)13-4-3-7-20(11-13)23(21,22)14-9-17-18-10-14/h5-6,8-10,13H,3-4,7,11H2,1-2H3,(H,17,18)/t13-/m1/s1. The molecule has 7 nitrogen and oxygen atoms in total. The summed E-state index contributed by atoms with van der Waals surface area (Å²) in [6, 6.07) is 4.02. The van der Waals surface area contributed by atoms with Gasteiger partial charge >= 0.3 is 0 Å². The zero-order chi connectivity index (χ0) is 16.4. The minimum atomic E-state index is -3.47. The van der Waals surface area contributed by atoms with Gasteiger partial charge in [0.05, 0.1) is 6.20 Å². The maximum absolute atomic E-state index is 12.6. The van der Waals surface area contributed by atoms with Crippen LogP contribution in [0.2, 0.25) is 0 Å². The summed E-state index contributed by atoms with van der Waals surface area (Å²) in [7, 11) is 0.422. The average molecular weight is 335 g/mol. The second kappa shape index (κ2) is 6.29. The van der Waals surface area contributed by atoms with Gasteiger partial charge in [0.25, 0.3) is 0 Å². The van der Waals surface area contributed by atoms with E-state index < -0.39 is 10.0 Å². The minimum Gasteiger partial charge on any atom is -0.363 e. The molecule has 1 aliphatic rings. The summed E-state index contributed by atoms with van der Waals surface area (Å²) >= 11 is 0. The lowest BCUT2D eigenvalue weighted by molar-refractivity contribution is 0.315. The molecule has 1 aliphatic heterocycles. The Balaban J connectivity index is 1.83. The lowest BCUT2D eigenvalue weighted by Gasteiger charge is -2.32. The third kappa shape index (κ3) is 3.23. The summed E-state index contributed by atoms with van der Waals surface area (Å²) in [4.78, 5) is 6.50. The summed E-state index contributed by atoms with van der Waals surface area (Å²) in [5.41, 5.74) is 1.13. The molecule has 1 atom stereocenters. The van der Waals surface area contributed by atoms with Crippen molar-refractivity contribution in [1.82, 2.24) is 19.5 Å². The first-order chi connectivity index (χ1) is 11.0. The molecule has 3 rings (SSSR count). The van der Waals surface area contributed by atoms with Gasteiger partial charge in [0, 0.05) is 39.6 Å². The lowest BCUT2D eigenvalue weighted by atomic mass is 9.92. The first-order valence-corrected chi connectivity index (χ1v) is 9.04. The topological polar surface area (TPSA) is 82.2 Å². The zero-order valence-corrected chi connectivity index (χ0v) is 14.1. The molecule has 2 aromatic heterocycles. The number of aromatic amines is 1. The van der Waals surface area contributed by atoms with E-state index in [9.17, 15) is 8.42 Å². The van der Waals surface area contributed by atoms with Crippen LogP contribution in [0.5, 0.6) is 0 Å². The third-order valence-electron chi connectivity index (χ3n) is 4.19. The van der Waals surface area contributed by atoms with Gasteiger partial charge in [-0.25, -0.2) is 13.4 Å². The van der Waals surface area contributed by atoms with Gasteiger partial charge in [0.2, 0.25) is 10.0 Å². The molecule has 0 radical (unpaired) electrons. The Hall–Kier alpha value is -1.93. The van der Waals surface area contributed by atoms with E-state index in [1.807, 2.05) is 31.1 Å². The summed E-state index contributed by atoms with van der Waals surface area (Å²) < 4.78 is 26.8. The number of nitrogens with zero attached hydrogens (tertiary/aromatic N) is 4. The molecule has 1 saturated heterocycles. The number of anilines is 1. The van der Waals surface area contributed by atoms with Gasteiger partial charge < -0.3 is 4.90 Å². The van der Waals surface area contributed by atoms with Crippen LogP contribution >= 0.6 is 0 Å². The van der Waals surface area contributed by atoms with Crippen LogP contribution < -0.4 is 4.90 Å². The van der Waals surface area contributed by atoms with Crippen molar-refractivity contribution in [2.75, 3.05) is 32.1 Å². The number of aromatic nitrogens is 3. The predicted molar refractivity (Wildman–Crippen MR) is 87.9 cm³/mol. The molecule has 23 heavy (non-hydrogen) atoms. The monoisotopic (exact) mass is 335 g/mol. The number of nitrogens with one attached hydrogen (secondary N) is 1. The van der Waals surface area contributed by atoms with Crippen molar-refractivity contribution in [2.45, 2.75) is 23.7 Å². The largest absolute Gasteiger partial charge is 0.363 e. The number of sulfonamides is 1. The van der Waals surface area contributed by atoms with E-state index in [-0.39, 0.29) is 10.8 Å². The molecule has 1 N–H and O–H groups in total.